The summed E-state index contributed by atoms with van der Waals surface area (Å²) >= 11 is 0. The van der Waals surface area contributed by atoms with Gasteiger partial charge in [-0.05, 0) is 19.8 Å². The summed E-state index contributed by atoms with van der Waals surface area (Å²) in [5, 5.41) is 3.51. The zero-order valence-electron chi connectivity index (χ0n) is 7.62. The monoisotopic (exact) mass is 165 g/mol. The van der Waals surface area contributed by atoms with Gasteiger partial charge in [-0.25, -0.2) is 4.98 Å². The Labute approximate surface area is 72.8 Å². The van der Waals surface area contributed by atoms with Crippen molar-refractivity contribution in [2.45, 2.75) is 31.8 Å². The van der Waals surface area contributed by atoms with Crippen molar-refractivity contribution in [1.82, 2.24) is 14.9 Å². The lowest BCUT2D eigenvalue weighted by molar-refractivity contribution is 0.527. The SMILES string of the molecule is C[C@@H](NC1CC1)c1nccn1C. The lowest BCUT2D eigenvalue weighted by Crippen LogP contribution is -2.23. The van der Waals surface area contributed by atoms with Crippen LogP contribution in [0.3, 0.4) is 0 Å². The summed E-state index contributed by atoms with van der Waals surface area (Å²) in [4.78, 5) is 4.30. The summed E-state index contributed by atoms with van der Waals surface area (Å²) in [5.74, 6) is 1.13. The molecule has 66 valence electrons. The van der Waals surface area contributed by atoms with Crippen LogP contribution in [0.1, 0.15) is 31.6 Å². The second kappa shape index (κ2) is 2.90. The van der Waals surface area contributed by atoms with Crippen molar-refractivity contribution in [2.75, 3.05) is 0 Å². The first-order chi connectivity index (χ1) is 5.77. The van der Waals surface area contributed by atoms with Gasteiger partial charge in [0.15, 0.2) is 0 Å². The quantitative estimate of drug-likeness (QED) is 0.730. The average molecular weight is 165 g/mol. The molecule has 0 aromatic carbocycles. The Hall–Kier alpha value is -0.830. The first kappa shape index (κ1) is 7.80. The van der Waals surface area contributed by atoms with Crippen LogP contribution in [0.4, 0.5) is 0 Å². The number of rotatable bonds is 3. The van der Waals surface area contributed by atoms with Gasteiger partial charge in [0, 0.05) is 25.5 Å². The van der Waals surface area contributed by atoms with Crippen molar-refractivity contribution >= 4 is 0 Å². The third-order valence-corrected chi connectivity index (χ3v) is 2.31. The second-order valence-corrected chi connectivity index (χ2v) is 3.56. The maximum Gasteiger partial charge on any atom is 0.125 e. The van der Waals surface area contributed by atoms with Gasteiger partial charge in [0.1, 0.15) is 5.82 Å². The van der Waals surface area contributed by atoms with Crippen LogP contribution in [0.15, 0.2) is 12.4 Å². The van der Waals surface area contributed by atoms with Crippen molar-refractivity contribution in [2.24, 2.45) is 7.05 Å². The van der Waals surface area contributed by atoms with Crippen LogP contribution in [0.25, 0.3) is 0 Å². The number of hydrogen-bond acceptors (Lipinski definition) is 2. The van der Waals surface area contributed by atoms with E-state index in [1.54, 1.807) is 0 Å². The highest BCUT2D eigenvalue weighted by Crippen LogP contribution is 2.22. The number of hydrogen-bond donors (Lipinski definition) is 1. The van der Waals surface area contributed by atoms with Crippen molar-refractivity contribution in [3.63, 3.8) is 0 Å². The summed E-state index contributed by atoms with van der Waals surface area (Å²) in [6, 6.07) is 1.13. The standard InChI is InChI=1S/C9H15N3/c1-7(11-8-3-4-8)9-10-5-6-12(9)2/h5-8,11H,3-4H2,1-2H3/t7-/m1/s1. The van der Waals surface area contributed by atoms with Crippen LogP contribution in [-0.4, -0.2) is 15.6 Å². The smallest absolute Gasteiger partial charge is 0.125 e. The average Bonchev–Trinajstić information content (AvgIpc) is 2.72. The molecule has 1 heterocycles. The van der Waals surface area contributed by atoms with E-state index in [0.717, 1.165) is 11.9 Å². The highest BCUT2D eigenvalue weighted by molar-refractivity contribution is 4.99. The largest absolute Gasteiger partial charge is 0.337 e. The molecule has 1 saturated carbocycles. The van der Waals surface area contributed by atoms with E-state index in [1.807, 2.05) is 19.4 Å². The minimum Gasteiger partial charge on any atom is -0.337 e. The molecule has 0 aliphatic heterocycles. The van der Waals surface area contributed by atoms with E-state index in [1.165, 1.54) is 12.8 Å². The maximum atomic E-state index is 4.30. The van der Waals surface area contributed by atoms with Gasteiger partial charge in [-0.1, -0.05) is 0 Å². The molecule has 0 saturated heterocycles. The van der Waals surface area contributed by atoms with Gasteiger partial charge in [0.2, 0.25) is 0 Å². The van der Waals surface area contributed by atoms with Gasteiger partial charge < -0.3 is 9.88 Å². The summed E-state index contributed by atoms with van der Waals surface area (Å²) < 4.78 is 2.07. The Bertz CT molecular complexity index is 262. The third kappa shape index (κ3) is 1.50. The Morgan fingerprint density at radius 1 is 1.67 bits per heavy atom. The van der Waals surface area contributed by atoms with Gasteiger partial charge >= 0.3 is 0 Å². The molecule has 1 aromatic heterocycles. The van der Waals surface area contributed by atoms with E-state index in [9.17, 15) is 0 Å². The molecule has 1 aromatic rings. The fourth-order valence-corrected chi connectivity index (χ4v) is 1.47. The molecule has 1 aliphatic rings. The molecule has 0 spiro atoms. The molecule has 3 nitrogen and oxygen atoms in total. The fourth-order valence-electron chi connectivity index (χ4n) is 1.47. The van der Waals surface area contributed by atoms with Gasteiger partial charge in [0.25, 0.3) is 0 Å². The van der Waals surface area contributed by atoms with Gasteiger partial charge in [-0.15, -0.1) is 0 Å². The number of nitrogens with one attached hydrogen (secondary N) is 1. The van der Waals surface area contributed by atoms with Crippen LogP contribution in [0.2, 0.25) is 0 Å². The lowest BCUT2D eigenvalue weighted by Gasteiger charge is -2.12. The minimum atomic E-state index is 0.387. The molecular weight excluding hydrogens is 150 g/mol. The molecule has 0 radical (unpaired) electrons. The second-order valence-electron chi connectivity index (χ2n) is 3.56. The molecule has 0 amide bonds. The summed E-state index contributed by atoms with van der Waals surface area (Å²) in [5.41, 5.74) is 0. The highest BCUT2D eigenvalue weighted by Gasteiger charge is 2.24. The zero-order valence-corrected chi connectivity index (χ0v) is 7.62. The molecule has 0 bridgehead atoms. The van der Waals surface area contributed by atoms with Crippen LogP contribution in [-0.2, 0) is 7.05 Å². The molecule has 1 atom stereocenters. The molecule has 3 heteroatoms. The van der Waals surface area contributed by atoms with E-state index in [4.69, 9.17) is 0 Å². The van der Waals surface area contributed by atoms with Crippen molar-refractivity contribution in [3.8, 4) is 0 Å². The molecule has 12 heavy (non-hydrogen) atoms. The Morgan fingerprint density at radius 2 is 2.42 bits per heavy atom. The normalized spacial score (nSPS) is 19.5. The maximum absolute atomic E-state index is 4.30. The van der Waals surface area contributed by atoms with Gasteiger partial charge in [0.05, 0.1) is 6.04 Å². The Morgan fingerprint density at radius 3 is 2.92 bits per heavy atom. The van der Waals surface area contributed by atoms with Crippen molar-refractivity contribution < 1.29 is 0 Å². The highest BCUT2D eigenvalue weighted by atomic mass is 15.1. The topological polar surface area (TPSA) is 29.9 Å². The molecule has 1 N–H and O–H groups in total. The predicted octanol–water partition coefficient (Wildman–Crippen LogP) is 1.23. The predicted molar refractivity (Wildman–Crippen MR) is 47.8 cm³/mol. The first-order valence-electron chi connectivity index (χ1n) is 4.50. The van der Waals surface area contributed by atoms with Crippen LogP contribution < -0.4 is 5.32 Å². The third-order valence-electron chi connectivity index (χ3n) is 2.31. The number of imidazole rings is 1. The molecule has 1 aliphatic carbocycles. The number of aryl methyl sites for hydroxylation is 1. The van der Waals surface area contributed by atoms with E-state index in [2.05, 4.69) is 21.8 Å². The summed E-state index contributed by atoms with van der Waals surface area (Å²) in [6.07, 6.45) is 6.49. The molecule has 1 fully saturated rings. The van der Waals surface area contributed by atoms with Gasteiger partial charge in [-0.3, -0.25) is 0 Å². The zero-order chi connectivity index (χ0) is 8.55. The van der Waals surface area contributed by atoms with Crippen molar-refractivity contribution in [3.05, 3.63) is 18.2 Å². The van der Waals surface area contributed by atoms with E-state index < -0.39 is 0 Å². The molecule has 2 rings (SSSR count). The van der Waals surface area contributed by atoms with Crippen LogP contribution in [0, 0.1) is 0 Å². The van der Waals surface area contributed by atoms with Gasteiger partial charge in [-0.2, -0.15) is 0 Å². The molecular formula is C9H15N3. The van der Waals surface area contributed by atoms with Crippen LogP contribution in [0.5, 0.6) is 0 Å². The summed E-state index contributed by atoms with van der Waals surface area (Å²) in [6.45, 7) is 2.17. The number of aromatic nitrogens is 2. The minimum absolute atomic E-state index is 0.387. The Kier molecular flexibility index (Phi) is 1.89. The van der Waals surface area contributed by atoms with Crippen LogP contribution >= 0.6 is 0 Å². The molecule has 0 unspecified atom stereocenters. The summed E-state index contributed by atoms with van der Waals surface area (Å²) in [7, 11) is 2.04. The first-order valence-corrected chi connectivity index (χ1v) is 4.50. The van der Waals surface area contributed by atoms with E-state index in [0.29, 0.717) is 6.04 Å². The van der Waals surface area contributed by atoms with Crippen molar-refractivity contribution in [1.29, 1.82) is 0 Å². The lowest BCUT2D eigenvalue weighted by atomic mass is 10.3. The Balaban J connectivity index is 2.02. The number of nitrogens with zero attached hydrogens (tertiary/aromatic N) is 2. The fraction of sp³-hybridized carbons (Fsp3) is 0.667. The van der Waals surface area contributed by atoms with E-state index >= 15 is 0 Å². The van der Waals surface area contributed by atoms with E-state index in [-0.39, 0.29) is 0 Å².